The summed E-state index contributed by atoms with van der Waals surface area (Å²) in [7, 11) is 0. The second-order valence-electron chi connectivity index (χ2n) is 7.98. The highest BCUT2D eigenvalue weighted by Crippen LogP contribution is 2.42. The summed E-state index contributed by atoms with van der Waals surface area (Å²) in [6.45, 7) is 4.08. The molecule has 0 saturated carbocycles. The molecule has 154 valence electrons. The topological polar surface area (TPSA) is 72.5 Å². The van der Waals surface area contributed by atoms with Gasteiger partial charge in [-0.3, -0.25) is 0 Å². The summed E-state index contributed by atoms with van der Waals surface area (Å²) in [6.07, 6.45) is 4.18. The molecule has 4 nitrogen and oxygen atoms in total. The summed E-state index contributed by atoms with van der Waals surface area (Å²) in [5.74, 6) is -0.457. The van der Waals surface area contributed by atoms with Gasteiger partial charge in [0.15, 0.2) is 0 Å². The first-order chi connectivity index (χ1) is 14.0. The summed E-state index contributed by atoms with van der Waals surface area (Å²) in [5.41, 5.74) is 8.45. The minimum absolute atomic E-state index is 0.164. The minimum Gasteiger partial charge on any atom is -0.512 e. The number of nitrogens with two attached hydrogens (primary N) is 1. The number of aryl methyl sites for hydroxylation is 1. The van der Waals surface area contributed by atoms with Gasteiger partial charge >= 0.3 is 5.97 Å². The molecule has 0 spiro atoms. The third kappa shape index (κ3) is 4.81. The number of esters is 1. The minimum atomic E-state index is -0.650. The van der Waals surface area contributed by atoms with Crippen LogP contribution in [0, 0.1) is 0 Å². The van der Waals surface area contributed by atoms with Crippen LogP contribution in [0.15, 0.2) is 65.9 Å². The fourth-order valence-electron chi connectivity index (χ4n) is 4.41. The van der Waals surface area contributed by atoms with Gasteiger partial charge in [0, 0.05) is 18.0 Å². The summed E-state index contributed by atoms with van der Waals surface area (Å²) in [5, 5.41) is 11.0. The number of benzene rings is 2. The van der Waals surface area contributed by atoms with E-state index in [-0.39, 0.29) is 11.7 Å². The highest BCUT2D eigenvalue weighted by molar-refractivity contribution is 5.92. The van der Waals surface area contributed by atoms with Crippen molar-refractivity contribution in [2.24, 2.45) is 0 Å². The monoisotopic (exact) mass is 393 g/mol. The molecule has 2 atom stereocenters. The molecule has 0 aromatic heterocycles. The Morgan fingerprint density at radius 3 is 2.48 bits per heavy atom. The van der Waals surface area contributed by atoms with Gasteiger partial charge in [-0.1, -0.05) is 62.7 Å². The molecule has 2 aromatic rings. The summed E-state index contributed by atoms with van der Waals surface area (Å²) < 4.78 is 6.07. The number of anilines is 1. The van der Waals surface area contributed by atoms with E-state index in [1.54, 1.807) is 0 Å². The molecule has 0 unspecified atom stereocenters. The molecule has 1 aliphatic heterocycles. The number of hydrogen-bond acceptors (Lipinski definition) is 4. The number of nitrogen functional groups attached to an aromatic ring is 1. The quantitative estimate of drug-likeness (QED) is 0.446. The fourth-order valence-corrected chi connectivity index (χ4v) is 4.41. The molecule has 0 bridgehead atoms. The Kier molecular flexibility index (Phi) is 6.63. The number of rotatable bonds is 8. The van der Waals surface area contributed by atoms with Crippen LogP contribution >= 0.6 is 0 Å². The Bertz CT molecular complexity index is 875. The molecule has 3 N–H and O–H groups in total. The number of ether oxygens (including phenoxy) is 1. The van der Waals surface area contributed by atoms with E-state index in [2.05, 4.69) is 19.1 Å². The summed E-state index contributed by atoms with van der Waals surface area (Å²) in [6, 6.07) is 17.7. The lowest BCUT2D eigenvalue weighted by molar-refractivity contribution is -0.161. The van der Waals surface area contributed by atoms with Crippen molar-refractivity contribution in [2.75, 3.05) is 5.73 Å². The van der Waals surface area contributed by atoms with Crippen LogP contribution in [0.1, 0.15) is 63.0 Å². The van der Waals surface area contributed by atoms with Crippen LogP contribution in [0.5, 0.6) is 0 Å². The highest BCUT2D eigenvalue weighted by atomic mass is 16.6. The van der Waals surface area contributed by atoms with Crippen LogP contribution in [0.25, 0.3) is 0 Å². The molecule has 0 radical (unpaired) electrons. The van der Waals surface area contributed by atoms with Crippen molar-refractivity contribution < 1.29 is 14.6 Å². The van der Waals surface area contributed by atoms with E-state index in [1.807, 2.05) is 49.4 Å². The molecule has 2 aromatic carbocycles. The Morgan fingerprint density at radius 1 is 1.10 bits per heavy atom. The fraction of sp³-hybridized carbons (Fsp3) is 0.400. The summed E-state index contributed by atoms with van der Waals surface area (Å²) in [4.78, 5) is 13.1. The van der Waals surface area contributed by atoms with Gasteiger partial charge < -0.3 is 15.6 Å². The van der Waals surface area contributed by atoms with Crippen molar-refractivity contribution in [2.45, 2.75) is 63.9 Å². The standard InChI is InChI=1S/C25H31NO3/c1-3-14-25(15-13-18-9-6-5-7-10-18)17-22(27)23(24(28)29-25)21(4-2)19-11-8-12-20(26)16-19/h5-12,16,21,27H,3-4,13-15,17,26H2,1-2H3/t21-,25+/m0/s1. The first-order valence-corrected chi connectivity index (χ1v) is 10.5. The van der Waals surface area contributed by atoms with Gasteiger partial charge in [-0.25, -0.2) is 4.79 Å². The number of carbonyl (C=O) groups excluding carboxylic acids is 1. The molecule has 0 fully saturated rings. The van der Waals surface area contributed by atoms with E-state index in [4.69, 9.17) is 10.5 Å². The average molecular weight is 394 g/mol. The molecule has 1 aliphatic rings. The zero-order valence-corrected chi connectivity index (χ0v) is 17.4. The van der Waals surface area contributed by atoms with Gasteiger partial charge in [0.05, 0.1) is 5.57 Å². The van der Waals surface area contributed by atoms with E-state index >= 15 is 0 Å². The molecule has 4 heteroatoms. The molecule has 1 heterocycles. The zero-order chi connectivity index (χ0) is 20.9. The van der Waals surface area contributed by atoms with Gasteiger partial charge in [0.2, 0.25) is 0 Å². The second kappa shape index (κ2) is 9.17. The predicted molar refractivity (Wildman–Crippen MR) is 117 cm³/mol. The highest BCUT2D eigenvalue weighted by Gasteiger charge is 2.43. The third-order valence-corrected chi connectivity index (χ3v) is 5.82. The van der Waals surface area contributed by atoms with Gasteiger partial charge in [-0.15, -0.1) is 0 Å². The third-order valence-electron chi connectivity index (χ3n) is 5.82. The van der Waals surface area contributed by atoms with Crippen molar-refractivity contribution in [3.8, 4) is 0 Å². The van der Waals surface area contributed by atoms with Crippen LogP contribution in [0.4, 0.5) is 5.69 Å². The first-order valence-electron chi connectivity index (χ1n) is 10.5. The summed E-state index contributed by atoms with van der Waals surface area (Å²) >= 11 is 0. The average Bonchev–Trinajstić information content (AvgIpc) is 2.70. The first kappa shape index (κ1) is 21.0. The number of aliphatic hydroxyl groups is 1. The Labute approximate surface area is 173 Å². The lowest BCUT2D eigenvalue weighted by Gasteiger charge is -2.38. The second-order valence-corrected chi connectivity index (χ2v) is 7.98. The van der Waals surface area contributed by atoms with E-state index in [0.717, 1.165) is 24.8 Å². The Hall–Kier alpha value is -2.75. The maximum atomic E-state index is 13.1. The SMILES string of the molecule is CCC[C@@]1(CCc2ccccc2)CC(O)=C([C@@H](CC)c2cccc(N)c2)C(=O)O1. The number of carbonyl (C=O) groups is 1. The van der Waals surface area contributed by atoms with Crippen LogP contribution in [-0.4, -0.2) is 16.7 Å². The van der Waals surface area contributed by atoms with Crippen molar-refractivity contribution in [3.63, 3.8) is 0 Å². The predicted octanol–water partition coefficient (Wildman–Crippen LogP) is 5.69. The van der Waals surface area contributed by atoms with E-state index in [9.17, 15) is 9.90 Å². The van der Waals surface area contributed by atoms with Crippen LogP contribution in [0.3, 0.4) is 0 Å². The van der Waals surface area contributed by atoms with Crippen LogP contribution in [-0.2, 0) is 16.0 Å². The molecular formula is C25H31NO3. The molecule has 0 saturated heterocycles. The van der Waals surface area contributed by atoms with Crippen LogP contribution in [0.2, 0.25) is 0 Å². The van der Waals surface area contributed by atoms with E-state index in [0.29, 0.717) is 30.5 Å². The molecule has 29 heavy (non-hydrogen) atoms. The largest absolute Gasteiger partial charge is 0.512 e. The molecular weight excluding hydrogens is 362 g/mol. The van der Waals surface area contributed by atoms with Crippen molar-refractivity contribution >= 4 is 11.7 Å². The lowest BCUT2D eigenvalue weighted by Crippen LogP contribution is -2.41. The number of aliphatic hydroxyl groups excluding tert-OH is 1. The van der Waals surface area contributed by atoms with Gasteiger partial charge in [0.1, 0.15) is 11.4 Å². The van der Waals surface area contributed by atoms with Crippen molar-refractivity contribution in [1.82, 2.24) is 0 Å². The van der Waals surface area contributed by atoms with Crippen molar-refractivity contribution in [3.05, 3.63) is 77.1 Å². The Morgan fingerprint density at radius 2 is 1.86 bits per heavy atom. The van der Waals surface area contributed by atoms with Gasteiger partial charge in [-0.05, 0) is 48.9 Å². The van der Waals surface area contributed by atoms with Crippen LogP contribution < -0.4 is 5.73 Å². The van der Waals surface area contributed by atoms with E-state index < -0.39 is 11.6 Å². The zero-order valence-electron chi connectivity index (χ0n) is 17.4. The van der Waals surface area contributed by atoms with E-state index in [1.165, 1.54) is 5.56 Å². The smallest absolute Gasteiger partial charge is 0.338 e. The number of cyclic esters (lactones) is 1. The maximum Gasteiger partial charge on any atom is 0.338 e. The van der Waals surface area contributed by atoms with Gasteiger partial charge in [-0.2, -0.15) is 0 Å². The van der Waals surface area contributed by atoms with Gasteiger partial charge in [0.25, 0.3) is 0 Å². The normalized spacial score (nSPS) is 20.4. The number of hydrogen-bond donors (Lipinski definition) is 2. The molecule has 0 aliphatic carbocycles. The Balaban J connectivity index is 1.87. The maximum absolute atomic E-state index is 13.1. The van der Waals surface area contributed by atoms with Crippen molar-refractivity contribution in [1.29, 1.82) is 0 Å². The molecule has 0 amide bonds. The lowest BCUT2D eigenvalue weighted by atomic mass is 9.80. The molecule has 3 rings (SSSR count).